The van der Waals surface area contributed by atoms with Crippen LogP contribution in [0, 0.1) is 5.41 Å². The van der Waals surface area contributed by atoms with Crippen LogP contribution in [-0.4, -0.2) is 11.6 Å². The molecular formula is C17H16N4OS. The van der Waals surface area contributed by atoms with Crippen molar-refractivity contribution in [2.24, 2.45) is 5.10 Å². The quantitative estimate of drug-likeness (QED) is 0.725. The minimum Gasteiger partial charge on any atom is -0.476 e. The lowest BCUT2D eigenvalue weighted by Gasteiger charge is -2.01. The molecule has 0 spiro atoms. The van der Waals surface area contributed by atoms with Crippen molar-refractivity contribution in [1.29, 1.82) is 5.41 Å². The summed E-state index contributed by atoms with van der Waals surface area (Å²) in [7, 11) is 0. The second kappa shape index (κ2) is 7.02. The normalized spacial score (nSPS) is 11.4. The standard InChI is InChI=1S/C17H16N4OS/c1-2-22-17-15(21-20-12-8-4-3-5-9-12)16(18)23-14-11-7-6-10-13(14)19-17/h3-11,18,20H,2H2,1H3/b18-16?,21-15-. The van der Waals surface area contributed by atoms with Crippen LogP contribution in [-0.2, 0) is 0 Å². The summed E-state index contributed by atoms with van der Waals surface area (Å²) >= 11 is 1.32. The molecule has 0 aliphatic rings. The highest BCUT2D eigenvalue weighted by atomic mass is 32.1. The largest absolute Gasteiger partial charge is 0.476 e. The number of hydrogen-bond donors (Lipinski definition) is 2. The maximum atomic E-state index is 8.32. The van der Waals surface area contributed by atoms with Gasteiger partial charge in [0, 0.05) is 0 Å². The van der Waals surface area contributed by atoms with Gasteiger partial charge >= 0.3 is 0 Å². The summed E-state index contributed by atoms with van der Waals surface area (Å²) in [6, 6.07) is 17.3. The SMILES string of the molecule is CCOc1nc2ccccc2sc(=N)/c1=N/Nc1ccccc1. The van der Waals surface area contributed by atoms with Gasteiger partial charge in [-0.1, -0.05) is 30.3 Å². The highest BCUT2D eigenvalue weighted by Gasteiger charge is 2.04. The first-order valence-electron chi connectivity index (χ1n) is 7.24. The fourth-order valence-corrected chi connectivity index (χ4v) is 2.84. The van der Waals surface area contributed by atoms with E-state index in [1.54, 1.807) is 0 Å². The van der Waals surface area contributed by atoms with E-state index < -0.39 is 0 Å². The van der Waals surface area contributed by atoms with Gasteiger partial charge in [-0.2, -0.15) is 5.10 Å². The van der Waals surface area contributed by atoms with Gasteiger partial charge in [0.2, 0.25) is 5.88 Å². The second-order valence-corrected chi connectivity index (χ2v) is 5.74. The molecule has 0 radical (unpaired) electrons. The monoisotopic (exact) mass is 324 g/mol. The molecule has 2 N–H and O–H groups in total. The van der Waals surface area contributed by atoms with E-state index in [0.29, 0.717) is 22.5 Å². The number of para-hydroxylation sites is 2. The third-order valence-electron chi connectivity index (χ3n) is 3.07. The molecule has 0 saturated heterocycles. The van der Waals surface area contributed by atoms with Crippen LogP contribution in [0.25, 0.3) is 10.2 Å². The van der Waals surface area contributed by atoms with Crippen molar-refractivity contribution in [2.45, 2.75) is 6.92 Å². The van der Waals surface area contributed by atoms with Crippen molar-refractivity contribution < 1.29 is 4.74 Å². The maximum absolute atomic E-state index is 8.32. The lowest BCUT2D eigenvalue weighted by molar-refractivity contribution is 0.323. The van der Waals surface area contributed by atoms with E-state index in [2.05, 4.69) is 15.5 Å². The first kappa shape index (κ1) is 15.2. The lowest BCUT2D eigenvalue weighted by Crippen LogP contribution is -2.24. The van der Waals surface area contributed by atoms with Crippen molar-refractivity contribution in [3.63, 3.8) is 0 Å². The molecule has 1 aromatic heterocycles. The van der Waals surface area contributed by atoms with Gasteiger partial charge in [0.05, 0.1) is 22.5 Å². The Kier molecular flexibility index (Phi) is 4.63. The number of fused-ring (bicyclic) bond motifs is 1. The summed E-state index contributed by atoms with van der Waals surface area (Å²) in [6.45, 7) is 2.35. The number of hydrogen-bond acceptors (Lipinski definition) is 6. The number of ether oxygens (including phenoxy) is 1. The molecule has 0 aliphatic heterocycles. The van der Waals surface area contributed by atoms with Gasteiger partial charge in [-0.05, 0) is 31.2 Å². The highest BCUT2D eigenvalue weighted by molar-refractivity contribution is 7.15. The molecule has 116 valence electrons. The maximum Gasteiger partial charge on any atom is 0.245 e. The van der Waals surface area contributed by atoms with Crippen LogP contribution in [0.4, 0.5) is 5.69 Å². The Morgan fingerprint density at radius 2 is 1.87 bits per heavy atom. The van der Waals surface area contributed by atoms with E-state index in [1.165, 1.54) is 11.3 Å². The van der Waals surface area contributed by atoms with Crippen molar-refractivity contribution in [2.75, 3.05) is 12.0 Å². The van der Waals surface area contributed by atoms with Gasteiger partial charge in [-0.25, -0.2) is 4.98 Å². The number of aromatic nitrogens is 1. The number of nitrogens with one attached hydrogen (secondary N) is 2. The molecule has 3 rings (SSSR count). The van der Waals surface area contributed by atoms with Crippen molar-refractivity contribution >= 4 is 27.2 Å². The van der Waals surface area contributed by atoms with E-state index in [1.807, 2.05) is 61.5 Å². The molecule has 23 heavy (non-hydrogen) atoms. The first-order chi connectivity index (χ1) is 11.3. The molecule has 0 aliphatic carbocycles. The van der Waals surface area contributed by atoms with Gasteiger partial charge in [-0.3, -0.25) is 10.8 Å². The van der Waals surface area contributed by atoms with E-state index in [0.717, 1.165) is 15.9 Å². The predicted molar refractivity (Wildman–Crippen MR) is 92.3 cm³/mol. The van der Waals surface area contributed by atoms with Gasteiger partial charge in [0.15, 0.2) is 5.36 Å². The molecule has 1 heterocycles. The number of nitrogens with zero attached hydrogens (tertiary/aromatic N) is 2. The van der Waals surface area contributed by atoms with E-state index >= 15 is 0 Å². The molecule has 0 amide bonds. The Morgan fingerprint density at radius 3 is 2.65 bits per heavy atom. The average molecular weight is 324 g/mol. The summed E-state index contributed by atoms with van der Waals surface area (Å²) in [6.07, 6.45) is 0. The molecule has 0 saturated carbocycles. The van der Waals surface area contributed by atoms with Gasteiger partial charge in [-0.15, -0.1) is 11.3 Å². The molecule has 3 aromatic rings. The smallest absolute Gasteiger partial charge is 0.245 e. The Bertz CT molecular complexity index is 938. The zero-order valence-electron chi connectivity index (χ0n) is 12.6. The van der Waals surface area contributed by atoms with Crippen molar-refractivity contribution in [3.8, 4) is 5.88 Å². The molecule has 0 bridgehead atoms. The summed E-state index contributed by atoms with van der Waals surface area (Å²) in [4.78, 5) is 4.53. The van der Waals surface area contributed by atoms with Crippen LogP contribution in [0.15, 0.2) is 59.7 Å². The molecule has 0 unspecified atom stereocenters. The van der Waals surface area contributed by atoms with Crippen LogP contribution in [0.1, 0.15) is 6.92 Å². The Hall–Kier alpha value is -2.73. The zero-order valence-corrected chi connectivity index (χ0v) is 13.4. The number of anilines is 1. The molecule has 0 atom stereocenters. The fraction of sp³-hybridized carbons (Fsp3) is 0.118. The van der Waals surface area contributed by atoms with Crippen LogP contribution in [0.5, 0.6) is 5.88 Å². The van der Waals surface area contributed by atoms with Crippen molar-refractivity contribution in [3.05, 3.63) is 64.6 Å². The zero-order chi connectivity index (χ0) is 16.1. The summed E-state index contributed by atoms with van der Waals surface area (Å²) in [5.74, 6) is 0.360. The van der Waals surface area contributed by atoms with Crippen LogP contribution in [0.3, 0.4) is 0 Å². The van der Waals surface area contributed by atoms with E-state index in [9.17, 15) is 0 Å². The summed E-state index contributed by atoms with van der Waals surface area (Å²) in [5.41, 5.74) is 4.59. The number of rotatable bonds is 4. The van der Waals surface area contributed by atoms with E-state index in [-0.39, 0.29) is 0 Å². The van der Waals surface area contributed by atoms with Gasteiger partial charge < -0.3 is 4.74 Å². The summed E-state index contributed by atoms with van der Waals surface area (Å²) in [5, 5.41) is 13.1. The minimum absolute atomic E-state index is 0.297. The van der Waals surface area contributed by atoms with Crippen molar-refractivity contribution in [1.82, 2.24) is 4.98 Å². The van der Waals surface area contributed by atoms with Gasteiger partial charge in [0.1, 0.15) is 4.67 Å². The molecule has 2 aromatic carbocycles. The molecule has 0 fully saturated rings. The first-order valence-corrected chi connectivity index (χ1v) is 8.06. The Labute approximate surface area is 137 Å². The molecular weight excluding hydrogens is 308 g/mol. The number of benzene rings is 2. The van der Waals surface area contributed by atoms with E-state index in [4.69, 9.17) is 10.1 Å². The average Bonchev–Trinajstić information content (AvgIpc) is 2.70. The minimum atomic E-state index is 0.297. The van der Waals surface area contributed by atoms with Crippen LogP contribution in [0.2, 0.25) is 0 Å². The lowest BCUT2D eigenvalue weighted by atomic mass is 10.3. The Morgan fingerprint density at radius 1 is 1.13 bits per heavy atom. The van der Waals surface area contributed by atoms with Crippen LogP contribution < -0.4 is 20.2 Å². The highest BCUT2D eigenvalue weighted by Crippen LogP contribution is 2.13. The molecule has 5 nitrogen and oxygen atoms in total. The third-order valence-corrected chi connectivity index (χ3v) is 4.03. The predicted octanol–water partition coefficient (Wildman–Crippen LogP) is 3.10. The topological polar surface area (TPSA) is 70.4 Å². The summed E-state index contributed by atoms with van der Waals surface area (Å²) < 4.78 is 6.83. The Balaban J connectivity index is 2.19. The third kappa shape index (κ3) is 3.54. The second-order valence-electron chi connectivity index (χ2n) is 4.69. The van der Waals surface area contributed by atoms with Crippen LogP contribution >= 0.6 is 11.3 Å². The molecule has 6 heteroatoms. The van der Waals surface area contributed by atoms with Gasteiger partial charge in [0.25, 0.3) is 0 Å². The fourth-order valence-electron chi connectivity index (χ4n) is 2.02.